The summed E-state index contributed by atoms with van der Waals surface area (Å²) in [6, 6.07) is 16.6. The SMILES string of the molecule is COc1cccc(C(=O)Oc2ccc([N+](=O)[O-])cc2/C=N/NC(=O)c2ccc(Br)cc2)c1. The molecular formula is C22H16BrN3O6. The number of hydrogen-bond donors (Lipinski definition) is 1. The summed E-state index contributed by atoms with van der Waals surface area (Å²) < 4.78 is 11.3. The third-order valence-corrected chi connectivity index (χ3v) is 4.72. The number of carbonyl (C=O) groups excluding carboxylic acids is 2. The Balaban J connectivity index is 1.81. The van der Waals surface area contributed by atoms with E-state index in [2.05, 4.69) is 26.5 Å². The number of amides is 1. The van der Waals surface area contributed by atoms with Gasteiger partial charge in [0.1, 0.15) is 11.5 Å². The summed E-state index contributed by atoms with van der Waals surface area (Å²) in [6.07, 6.45) is 1.16. The fourth-order valence-corrected chi connectivity index (χ4v) is 2.84. The first-order valence-corrected chi connectivity index (χ1v) is 9.90. The molecule has 10 heteroatoms. The molecule has 0 aromatic heterocycles. The Kier molecular flexibility index (Phi) is 7.29. The zero-order chi connectivity index (χ0) is 23.1. The topological polar surface area (TPSA) is 120 Å². The van der Waals surface area contributed by atoms with E-state index in [-0.39, 0.29) is 22.6 Å². The second kappa shape index (κ2) is 10.3. The first-order chi connectivity index (χ1) is 15.4. The number of esters is 1. The summed E-state index contributed by atoms with van der Waals surface area (Å²) in [7, 11) is 1.47. The van der Waals surface area contributed by atoms with Crippen molar-refractivity contribution in [3.63, 3.8) is 0 Å². The third kappa shape index (κ3) is 5.76. The normalized spacial score (nSPS) is 10.6. The van der Waals surface area contributed by atoms with E-state index in [9.17, 15) is 19.7 Å². The third-order valence-electron chi connectivity index (χ3n) is 4.19. The molecule has 0 aliphatic rings. The van der Waals surface area contributed by atoms with Crippen molar-refractivity contribution in [1.29, 1.82) is 0 Å². The number of nitrogens with one attached hydrogen (secondary N) is 1. The lowest BCUT2D eigenvalue weighted by Gasteiger charge is -2.08. The molecule has 0 aliphatic heterocycles. The molecule has 3 aromatic carbocycles. The maximum absolute atomic E-state index is 12.5. The Labute approximate surface area is 190 Å². The lowest BCUT2D eigenvalue weighted by Crippen LogP contribution is -2.17. The Morgan fingerprint density at radius 2 is 1.81 bits per heavy atom. The second-order valence-corrected chi connectivity index (χ2v) is 7.22. The van der Waals surface area contributed by atoms with Crippen molar-refractivity contribution in [1.82, 2.24) is 5.43 Å². The highest BCUT2D eigenvalue weighted by Crippen LogP contribution is 2.24. The number of rotatable bonds is 7. The van der Waals surface area contributed by atoms with Gasteiger partial charge in [-0.1, -0.05) is 22.0 Å². The van der Waals surface area contributed by atoms with Crippen LogP contribution in [0, 0.1) is 10.1 Å². The zero-order valence-corrected chi connectivity index (χ0v) is 18.2. The second-order valence-electron chi connectivity index (χ2n) is 6.31. The van der Waals surface area contributed by atoms with E-state index in [1.165, 1.54) is 31.4 Å². The van der Waals surface area contributed by atoms with Crippen LogP contribution in [-0.4, -0.2) is 30.1 Å². The molecule has 0 fully saturated rings. The van der Waals surface area contributed by atoms with Gasteiger partial charge in [0.25, 0.3) is 11.6 Å². The number of nitro groups is 1. The number of halogens is 1. The Morgan fingerprint density at radius 3 is 2.50 bits per heavy atom. The van der Waals surface area contributed by atoms with Crippen LogP contribution in [0.4, 0.5) is 5.69 Å². The molecule has 0 heterocycles. The predicted octanol–water partition coefficient (Wildman–Crippen LogP) is 4.35. The molecule has 0 spiro atoms. The first-order valence-electron chi connectivity index (χ1n) is 9.11. The van der Waals surface area contributed by atoms with Gasteiger partial charge in [0, 0.05) is 27.7 Å². The molecule has 162 valence electrons. The molecule has 0 unspecified atom stereocenters. The van der Waals surface area contributed by atoms with Crippen molar-refractivity contribution in [3.05, 3.63) is 98.0 Å². The van der Waals surface area contributed by atoms with E-state index in [0.29, 0.717) is 11.3 Å². The monoisotopic (exact) mass is 497 g/mol. The van der Waals surface area contributed by atoms with Crippen LogP contribution in [0.3, 0.4) is 0 Å². The van der Waals surface area contributed by atoms with Gasteiger partial charge >= 0.3 is 5.97 Å². The average molecular weight is 498 g/mol. The van der Waals surface area contributed by atoms with E-state index in [1.807, 2.05) is 0 Å². The summed E-state index contributed by atoms with van der Waals surface area (Å²) in [5, 5.41) is 15.0. The number of non-ortho nitro benzene ring substituents is 1. The Morgan fingerprint density at radius 1 is 1.06 bits per heavy atom. The summed E-state index contributed by atoms with van der Waals surface area (Å²) in [6.45, 7) is 0. The van der Waals surface area contributed by atoms with Crippen LogP contribution >= 0.6 is 15.9 Å². The number of hydrazone groups is 1. The molecule has 1 amide bonds. The zero-order valence-electron chi connectivity index (χ0n) is 16.7. The van der Waals surface area contributed by atoms with Crippen LogP contribution in [0.1, 0.15) is 26.3 Å². The molecule has 3 aromatic rings. The van der Waals surface area contributed by atoms with Gasteiger partial charge < -0.3 is 9.47 Å². The van der Waals surface area contributed by atoms with Crippen molar-refractivity contribution in [2.24, 2.45) is 5.10 Å². The fraction of sp³-hybridized carbons (Fsp3) is 0.0455. The number of carbonyl (C=O) groups is 2. The van der Waals surface area contributed by atoms with Gasteiger partial charge in [0.15, 0.2) is 0 Å². The minimum absolute atomic E-state index is 0.0325. The molecule has 9 nitrogen and oxygen atoms in total. The molecule has 3 rings (SSSR count). The van der Waals surface area contributed by atoms with Crippen molar-refractivity contribution >= 4 is 39.7 Å². The molecule has 1 N–H and O–H groups in total. The molecular weight excluding hydrogens is 482 g/mol. The Bertz CT molecular complexity index is 1190. The first kappa shape index (κ1) is 22.6. The van der Waals surface area contributed by atoms with Crippen LogP contribution in [0.2, 0.25) is 0 Å². The minimum atomic E-state index is -0.689. The summed E-state index contributed by atoms with van der Waals surface area (Å²) in [4.78, 5) is 35.2. The summed E-state index contributed by atoms with van der Waals surface area (Å²) in [5.41, 5.74) is 2.83. The van der Waals surface area contributed by atoms with E-state index in [1.54, 1.807) is 42.5 Å². The summed E-state index contributed by atoms with van der Waals surface area (Å²) in [5.74, 6) is -0.661. The summed E-state index contributed by atoms with van der Waals surface area (Å²) >= 11 is 3.28. The standard InChI is InChI=1S/C22H16BrN3O6/c1-31-19-4-2-3-15(12-19)22(28)32-20-10-9-18(26(29)30)11-16(20)13-24-25-21(27)14-5-7-17(23)8-6-14/h2-13H,1H3,(H,25,27)/b24-13+. The molecule has 0 bridgehead atoms. The highest BCUT2D eigenvalue weighted by Gasteiger charge is 2.16. The van der Waals surface area contributed by atoms with Gasteiger partial charge in [-0.2, -0.15) is 5.10 Å². The van der Waals surface area contributed by atoms with Crippen molar-refractivity contribution in [2.75, 3.05) is 7.11 Å². The van der Waals surface area contributed by atoms with Crippen molar-refractivity contribution < 1.29 is 24.0 Å². The molecule has 0 saturated heterocycles. The smallest absolute Gasteiger partial charge is 0.343 e. The average Bonchev–Trinajstić information content (AvgIpc) is 2.80. The van der Waals surface area contributed by atoms with Gasteiger partial charge in [-0.25, -0.2) is 10.2 Å². The molecule has 0 saturated carbocycles. The highest BCUT2D eigenvalue weighted by molar-refractivity contribution is 9.10. The number of ether oxygens (including phenoxy) is 2. The van der Waals surface area contributed by atoms with Crippen LogP contribution in [0.15, 0.2) is 76.3 Å². The van der Waals surface area contributed by atoms with Crippen LogP contribution in [-0.2, 0) is 0 Å². The van der Waals surface area contributed by atoms with Crippen molar-refractivity contribution in [3.8, 4) is 11.5 Å². The van der Waals surface area contributed by atoms with E-state index < -0.39 is 16.8 Å². The number of nitro benzene ring substituents is 1. The maximum Gasteiger partial charge on any atom is 0.343 e. The lowest BCUT2D eigenvalue weighted by molar-refractivity contribution is -0.384. The highest BCUT2D eigenvalue weighted by atomic mass is 79.9. The molecule has 0 aliphatic carbocycles. The van der Waals surface area contributed by atoms with E-state index in [4.69, 9.17) is 9.47 Å². The van der Waals surface area contributed by atoms with Gasteiger partial charge in [-0.3, -0.25) is 14.9 Å². The van der Waals surface area contributed by atoms with E-state index >= 15 is 0 Å². The number of nitrogens with zero attached hydrogens (tertiary/aromatic N) is 2. The van der Waals surface area contributed by atoms with Gasteiger partial charge in [-0.05, 0) is 48.5 Å². The molecule has 0 radical (unpaired) electrons. The van der Waals surface area contributed by atoms with Gasteiger partial charge in [0.05, 0.1) is 23.8 Å². The fourth-order valence-electron chi connectivity index (χ4n) is 2.58. The maximum atomic E-state index is 12.5. The molecule has 0 atom stereocenters. The molecule has 32 heavy (non-hydrogen) atoms. The van der Waals surface area contributed by atoms with Gasteiger partial charge in [0.2, 0.25) is 0 Å². The lowest BCUT2D eigenvalue weighted by atomic mass is 10.2. The largest absolute Gasteiger partial charge is 0.497 e. The van der Waals surface area contributed by atoms with Crippen molar-refractivity contribution in [2.45, 2.75) is 0 Å². The van der Waals surface area contributed by atoms with Crippen LogP contribution in [0.5, 0.6) is 11.5 Å². The number of hydrogen-bond acceptors (Lipinski definition) is 7. The number of methoxy groups -OCH3 is 1. The quantitative estimate of drug-likeness (QED) is 0.170. The van der Waals surface area contributed by atoms with Crippen LogP contribution < -0.4 is 14.9 Å². The van der Waals surface area contributed by atoms with Gasteiger partial charge in [-0.15, -0.1) is 0 Å². The van der Waals surface area contributed by atoms with Crippen LogP contribution in [0.25, 0.3) is 0 Å². The number of benzene rings is 3. The van der Waals surface area contributed by atoms with E-state index in [0.717, 1.165) is 10.7 Å². The predicted molar refractivity (Wildman–Crippen MR) is 120 cm³/mol. The Hall–Kier alpha value is -4.05. The minimum Gasteiger partial charge on any atom is -0.497 e.